The Morgan fingerprint density at radius 3 is 2.36 bits per heavy atom. The maximum atomic E-state index is 11.3. The lowest BCUT2D eigenvalue weighted by atomic mass is 9.90. The van der Waals surface area contributed by atoms with Gasteiger partial charge in [-0.15, -0.1) is 0 Å². The third-order valence-corrected chi connectivity index (χ3v) is 3.03. The van der Waals surface area contributed by atoms with Gasteiger partial charge in [0.1, 0.15) is 0 Å². The Balaban J connectivity index is 2.62. The molecule has 0 unspecified atom stereocenters. The lowest BCUT2D eigenvalue weighted by Gasteiger charge is -2.32. The Labute approximate surface area is 85.7 Å². The number of hydrogen-bond acceptors (Lipinski definition) is 2. The number of carbonyl (C=O) groups excluding carboxylic acids is 1. The van der Waals surface area contributed by atoms with Crippen LogP contribution in [0.4, 0.5) is 0 Å². The van der Waals surface area contributed by atoms with Crippen molar-refractivity contribution in [1.29, 1.82) is 0 Å². The lowest BCUT2D eigenvalue weighted by Crippen LogP contribution is -2.52. The molecule has 0 radical (unpaired) electrons. The fourth-order valence-electron chi connectivity index (χ4n) is 2.10. The zero-order valence-electron chi connectivity index (χ0n) is 8.72. The number of carbonyl (C=O) groups is 1. The van der Waals surface area contributed by atoms with Crippen molar-refractivity contribution in [3.8, 4) is 0 Å². The third-order valence-electron chi connectivity index (χ3n) is 3.03. The summed E-state index contributed by atoms with van der Waals surface area (Å²) >= 11 is 0. The van der Waals surface area contributed by atoms with Crippen molar-refractivity contribution in [3.63, 3.8) is 0 Å². The van der Waals surface area contributed by atoms with Crippen LogP contribution in [0.1, 0.15) is 38.5 Å². The molecular formula is C11H20N2O. The molecule has 1 fully saturated rings. The van der Waals surface area contributed by atoms with E-state index in [9.17, 15) is 4.79 Å². The molecule has 0 aromatic rings. The van der Waals surface area contributed by atoms with Gasteiger partial charge in [-0.1, -0.05) is 32.3 Å². The molecule has 3 heteroatoms. The third kappa shape index (κ3) is 2.84. The predicted octanol–water partition coefficient (Wildman–Crippen LogP) is 1.34. The summed E-state index contributed by atoms with van der Waals surface area (Å²) in [7, 11) is 0. The highest BCUT2D eigenvalue weighted by Gasteiger charge is 2.30. The van der Waals surface area contributed by atoms with Crippen LogP contribution in [0, 0.1) is 0 Å². The lowest BCUT2D eigenvalue weighted by molar-refractivity contribution is -0.118. The molecule has 0 atom stereocenters. The van der Waals surface area contributed by atoms with Crippen molar-refractivity contribution < 1.29 is 4.79 Å². The van der Waals surface area contributed by atoms with Crippen LogP contribution in [0.5, 0.6) is 0 Å². The molecule has 80 valence electrons. The van der Waals surface area contributed by atoms with Gasteiger partial charge in [-0.2, -0.15) is 0 Å². The topological polar surface area (TPSA) is 55.1 Å². The number of amides is 1. The van der Waals surface area contributed by atoms with E-state index in [4.69, 9.17) is 5.73 Å². The molecule has 0 aliphatic heterocycles. The fourth-order valence-corrected chi connectivity index (χ4v) is 2.10. The second-order valence-corrected chi connectivity index (χ2v) is 4.09. The summed E-state index contributed by atoms with van der Waals surface area (Å²) in [5.74, 6) is -0.0997. The monoisotopic (exact) mass is 196 g/mol. The fraction of sp³-hybridized carbons (Fsp3) is 0.727. The van der Waals surface area contributed by atoms with Gasteiger partial charge in [0.25, 0.3) is 0 Å². The number of nitrogens with one attached hydrogen (secondary N) is 1. The van der Waals surface area contributed by atoms with Gasteiger partial charge >= 0.3 is 0 Å². The smallest absolute Gasteiger partial charge is 0.243 e. The summed E-state index contributed by atoms with van der Waals surface area (Å²) in [6, 6.07) is 0. The van der Waals surface area contributed by atoms with Crippen molar-refractivity contribution in [2.75, 3.05) is 6.54 Å². The van der Waals surface area contributed by atoms with Crippen LogP contribution in [-0.4, -0.2) is 18.0 Å². The molecule has 1 amide bonds. The standard InChI is InChI=1S/C11H20N2O/c1-2-10(14)13-11(9-12)7-5-3-4-6-8-11/h2H,1,3-9,12H2,(H,13,14). The van der Waals surface area contributed by atoms with Crippen LogP contribution >= 0.6 is 0 Å². The van der Waals surface area contributed by atoms with E-state index in [2.05, 4.69) is 11.9 Å². The average Bonchev–Trinajstić information content (AvgIpc) is 2.44. The van der Waals surface area contributed by atoms with E-state index in [0.717, 1.165) is 25.7 Å². The Morgan fingerprint density at radius 1 is 1.36 bits per heavy atom. The highest BCUT2D eigenvalue weighted by molar-refractivity contribution is 5.87. The van der Waals surface area contributed by atoms with Crippen molar-refractivity contribution in [2.24, 2.45) is 5.73 Å². The van der Waals surface area contributed by atoms with E-state index in [1.807, 2.05) is 0 Å². The minimum absolute atomic E-state index is 0.0997. The molecule has 0 aromatic carbocycles. The van der Waals surface area contributed by atoms with Gasteiger partial charge in [-0.3, -0.25) is 4.79 Å². The zero-order chi connectivity index (χ0) is 10.4. The molecule has 14 heavy (non-hydrogen) atoms. The maximum Gasteiger partial charge on any atom is 0.243 e. The van der Waals surface area contributed by atoms with E-state index in [1.54, 1.807) is 0 Å². The number of hydrogen-bond donors (Lipinski definition) is 2. The van der Waals surface area contributed by atoms with Gasteiger partial charge in [0.15, 0.2) is 0 Å². The summed E-state index contributed by atoms with van der Waals surface area (Å²) in [6.07, 6.45) is 8.16. The first-order valence-electron chi connectivity index (χ1n) is 5.37. The SMILES string of the molecule is C=CC(=O)NC1(CN)CCCCCC1. The van der Waals surface area contributed by atoms with Crippen LogP contribution in [0.2, 0.25) is 0 Å². The Hall–Kier alpha value is -0.830. The highest BCUT2D eigenvalue weighted by Crippen LogP contribution is 2.26. The minimum atomic E-state index is -0.165. The zero-order valence-corrected chi connectivity index (χ0v) is 8.72. The van der Waals surface area contributed by atoms with Gasteiger partial charge < -0.3 is 11.1 Å². The minimum Gasteiger partial charge on any atom is -0.346 e. The van der Waals surface area contributed by atoms with E-state index in [-0.39, 0.29) is 11.4 Å². The van der Waals surface area contributed by atoms with Gasteiger partial charge in [-0.25, -0.2) is 0 Å². The van der Waals surface area contributed by atoms with Crippen LogP contribution < -0.4 is 11.1 Å². The van der Waals surface area contributed by atoms with Gasteiger partial charge in [0.05, 0.1) is 5.54 Å². The van der Waals surface area contributed by atoms with Crippen molar-refractivity contribution in [1.82, 2.24) is 5.32 Å². The van der Waals surface area contributed by atoms with E-state index in [0.29, 0.717) is 6.54 Å². The van der Waals surface area contributed by atoms with Crippen LogP contribution in [-0.2, 0) is 4.79 Å². The first-order chi connectivity index (χ1) is 6.72. The van der Waals surface area contributed by atoms with Gasteiger partial charge in [0.2, 0.25) is 5.91 Å². The van der Waals surface area contributed by atoms with Gasteiger partial charge in [-0.05, 0) is 18.9 Å². The molecule has 0 aromatic heterocycles. The molecule has 1 aliphatic rings. The largest absolute Gasteiger partial charge is 0.346 e. The van der Waals surface area contributed by atoms with Crippen LogP contribution in [0.15, 0.2) is 12.7 Å². The quantitative estimate of drug-likeness (QED) is 0.528. The van der Waals surface area contributed by atoms with Crippen LogP contribution in [0.25, 0.3) is 0 Å². The molecule has 3 nitrogen and oxygen atoms in total. The molecular weight excluding hydrogens is 176 g/mol. The maximum absolute atomic E-state index is 11.3. The number of nitrogens with two attached hydrogens (primary N) is 1. The molecule has 1 rings (SSSR count). The molecule has 3 N–H and O–H groups in total. The predicted molar refractivity (Wildman–Crippen MR) is 57.8 cm³/mol. The van der Waals surface area contributed by atoms with Crippen molar-refractivity contribution >= 4 is 5.91 Å². The molecule has 0 heterocycles. The number of rotatable bonds is 3. The summed E-state index contributed by atoms with van der Waals surface area (Å²) in [6.45, 7) is 4.00. The molecule has 1 saturated carbocycles. The molecule has 0 spiro atoms. The van der Waals surface area contributed by atoms with Crippen molar-refractivity contribution in [3.05, 3.63) is 12.7 Å². The first kappa shape index (κ1) is 11.2. The summed E-state index contributed by atoms with van der Waals surface area (Å²) in [4.78, 5) is 11.3. The van der Waals surface area contributed by atoms with Crippen molar-refractivity contribution in [2.45, 2.75) is 44.1 Å². The Bertz CT molecular complexity index is 205. The highest BCUT2D eigenvalue weighted by atomic mass is 16.1. The molecule has 0 bridgehead atoms. The Kier molecular flexibility index (Phi) is 4.14. The summed E-state index contributed by atoms with van der Waals surface area (Å²) in [5, 5.41) is 2.99. The summed E-state index contributed by atoms with van der Waals surface area (Å²) < 4.78 is 0. The first-order valence-corrected chi connectivity index (χ1v) is 5.37. The Morgan fingerprint density at radius 2 is 1.93 bits per heavy atom. The second-order valence-electron chi connectivity index (χ2n) is 4.09. The van der Waals surface area contributed by atoms with Crippen LogP contribution in [0.3, 0.4) is 0 Å². The average molecular weight is 196 g/mol. The van der Waals surface area contributed by atoms with E-state index >= 15 is 0 Å². The van der Waals surface area contributed by atoms with Gasteiger partial charge in [0, 0.05) is 6.54 Å². The molecule has 1 aliphatic carbocycles. The van der Waals surface area contributed by atoms with E-state index < -0.39 is 0 Å². The van der Waals surface area contributed by atoms with E-state index in [1.165, 1.54) is 18.9 Å². The normalized spacial score (nSPS) is 20.9. The molecule has 0 saturated heterocycles. The second kappa shape index (κ2) is 5.15. The summed E-state index contributed by atoms with van der Waals surface area (Å²) in [5.41, 5.74) is 5.60.